The molecule has 9 heavy (non-hydrogen) atoms. The molecule has 0 aromatic carbocycles. The van der Waals surface area contributed by atoms with Crippen molar-refractivity contribution in [2.75, 3.05) is 0 Å². The predicted molar refractivity (Wildman–Crippen MR) is 32.8 cm³/mol. The molecule has 1 aromatic heterocycles. The number of pyridine rings is 1. The molecule has 0 atom stereocenters. The van der Waals surface area contributed by atoms with Crippen LogP contribution < -0.4 is 0 Å². The Kier molecular flexibility index (Phi) is 1.66. The Morgan fingerprint density at radius 2 is 2.56 bits per heavy atom. The first-order valence-electron chi connectivity index (χ1n) is 2.27. The van der Waals surface area contributed by atoms with Crippen molar-refractivity contribution in [2.45, 2.75) is 0 Å². The van der Waals surface area contributed by atoms with Crippen molar-refractivity contribution >= 4 is 11.6 Å². The van der Waals surface area contributed by atoms with Crippen LogP contribution in [0.25, 0.3) is 0 Å². The SMILES string of the molecule is N#Cc1[c]nccc1Cl. The Hall–Kier alpha value is -1.07. The van der Waals surface area contributed by atoms with Crippen LogP contribution in [0.2, 0.25) is 5.02 Å². The number of rotatable bonds is 0. The summed E-state index contributed by atoms with van der Waals surface area (Å²) in [7, 11) is 0. The van der Waals surface area contributed by atoms with Gasteiger partial charge in [0.1, 0.15) is 12.3 Å². The molecular weight excluding hydrogens is 136 g/mol. The first-order chi connectivity index (χ1) is 4.34. The van der Waals surface area contributed by atoms with Crippen LogP contribution in [0.5, 0.6) is 0 Å². The number of nitrogens with zero attached hydrogens (tertiary/aromatic N) is 2. The molecule has 1 rings (SSSR count). The lowest BCUT2D eigenvalue weighted by atomic mass is 10.3. The van der Waals surface area contributed by atoms with Gasteiger partial charge in [-0.25, -0.2) is 0 Å². The minimum atomic E-state index is 0.291. The molecular formula is C6H2ClN2. The summed E-state index contributed by atoms with van der Waals surface area (Å²) in [5.74, 6) is 0. The van der Waals surface area contributed by atoms with Crippen molar-refractivity contribution in [3.05, 3.63) is 29.0 Å². The van der Waals surface area contributed by atoms with Crippen LogP contribution in [0.4, 0.5) is 0 Å². The average molecular weight is 138 g/mol. The average Bonchev–Trinajstić information content (AvgIpc) is 1.89. The van der Waals surface area contributed by atoms with E-state index in [0.717, 1.165) is 0 Å². The molecule has 0 aliphatic heterocycles. The van der Waals surface area contributed by atoms with E-state index in [4.69, 9.17) is 16.9 Å². The third-order valence-corrected chi connectivity index (χ3v) is 1.14. The lowest BCUT2D eigenvalue weighted by Crippen LogP contribution is -1.77. The molecule has 0 saturated heterocycles. The predicted octanol–water partition coefficient (Wildman–Crippen LogP) is 1.41. The fraction of sp³-hybridized carbons (Fsp3) is 0. The molecule has 0 aliphatic rings. The Morgan fingerprint density at radius 3 is 3.00 bits per heavy atom. The van der Waals surface area contributed by atoms with Crippen LogP contribution in [-0.4, -0.2) is 4.98 Å². The Morgan fingerprint density at radius 1 is 1.78 bits per heavy atom. The third-order valence-electron chi connectivity index (χ3n) is 0.822. The summed E-state index contributed by atoms with van der Waals surface area (Å²) >= 11 is 5.53. The van der Waals surface area contributed by atoms with Crippen LogP contribution in [0.1, 0.15) is 5.56 Å². The lowest BCUT2D eigenvalue weighted by molar-refractivity contribution is 1.29. The number of nitriles is 1. The van der Waals surface area contributed by atoms with Gasteiger partial charge in [-0.05, 0) is 6.07 Å². The molecule has 1 heterocycles. The van der Waals surface area contributed by atoms with E-state index < -0.39 is 0 Å². The van der Waals surface area contributed by atoms with Gasteiger partial charge in [0.15, 0.2) is 0 Å². The van der Waals surface area contributed by atoms with Crippen molar-refractivity contribution in [1.29, 1.82) is 5.26 Å². The molecule has 0 bridgehead atoms. The maximum Gasteiger partial charge on any atom is 0.109 e. The number of hydrogen-bond acceptors (Lipinski definition) is 2. The molecule has 1 aromatic rings. The number of aromatic nitrogens is 1. The first-order valence-corrected chi connectivity index (χ1v) is 2.64. The van der Waals surface area contributed by atoms with Gasteiger partial charge < -0.3 is 0 Å². The molecule has 0 spiro atoms. The van der Waals surface area contributed by atoms with Crippen molar-refractivity contribution in [2.24, 2.45) is 0 Å². The first kappa shape index (κ1) is 6.06. The summed E-state index contributed by atoms with van der Waals surface area (Å²) in [5.41, 5.74) is 0.291. The van der Waals surface area contributed by atoms with E-state index >= 15 is 0 Å². The minimum absolute atomic E-state index is 0.291. The van der Waals surface area contributed by atoms with Gasteiger partial charge in [0.2, 0.25) is 0 Å². The van der Waals surface area contributed by atoms with E-state index in [1.807, 2.05) is 6.07 Å². The Bertz CT molecular complexity index is 251. The molecule has 0 N–H and O–H groups in total. The maximum atomic E-state index is 8.31. The lowest BCUT2D eigenvalue weighted by Gasteiger charge is -1.86. The molecule has 0 aliphatic carbocycles. The quantitative estimate of drug-likeness (QED) is 0.542. The maximum absolute atomic E-state index is 8.31. The largest absolute Gasteiger partial charge is 0.253 e. The van der Waals surface area contributed by atoms with E-state index in [1.54, 1.807) is 6.07 Å². The highest BCUT2D eigenvalue weighted by Gasteiger charge is 1.94. The fourth-order valence-electron chi connectivity index (χ4n) is 0.420. The molecule has 0 amide bonds. The molecule has 43 valence electrons. The second-order valence-electron chi connectivity index (χ2n) is 1.39. The Labute approximate surface area is 57.7 Å². The fourth-order valence-corrected chi connectivity index (χ4v) is 0.561. The van der Waals surface area contributed by atoms with Gasteiger partial charge in [0, 0.05) is 6.20 Å². The summed E-state index contributed by atoms with van der Waals surface area (Å²) in [6.45, 7) is 0. The van der Waals surface area contributed by atoms with Gasteiger partial charge in [0.05, 0.1) is 10.6 Å². The molecule has 0 fully saturated rings. The van der Waals surface area contributed by atoms with Gasteiger partial charge in [-0.1, -0.05) is 11.6 Å². The van der Waals surface area contributed by atoms with Crippen LogP contribution in [-0.2, 0) is 0 Å². The zero-order valence-corrected chi connectivity index (χ0v) is 5.18. The summed E-state index contributed by atoms with van der Waals surface area (Å²) in [6, 6.07) is 3.40. The highest BCUT2D eigenvalue weighted by atomic mass is 35.5. The zero-order valence-electron chi connectivity index (χ0n) is 4.43. The van der Waals surface area contributed by atoms with E-state index in [2.05, 4.69) is 11.2 Å². The van der Waals surface area contributed by atoms with Crippen molar-refractivity contribution in [3.8, 4) is 6.07 Å². The number of hydrogen-bond donors (Lipinski definition) is 0. The van der Waals surface area contributed by atoms with Gasteiger partial charge in [-0.3, -0.25) is 4.98 Å². The normalized spacial score (nSPS) is 8.44. The summed E-state index contributed by atoms with van der Waals surface area (Å²) in [6.07, 6.45) is 3.93. The van der Waals surface area contributed by atoms with E-state index in [-0.39, 0.29) is 0 Å². The van der Waals surface area contributed by atoms with Crippen LogP contribution in [0.3, 0.4) is 0 Å². The second kappa shape index (κ2) is 2.47. The summed E-state index contributed by atoms with van der Waals surface area (Å²) in [4.78, 5) is 3.58. The minimum Gasteiger partial charge on any atom is -0.253 e. The molecule has 2 nitrogen and oxygen atoms in total. The van der Waals surface area contributed by atoms with E-state index in [1.165, 1.54) is 6.20 Å². The monoisotopic (exact) mass is 137 g/mol. The smallest absolute Gasteiger partial charge is 0.109 e. The molecule has 1 radical (unpaired) electrons. The highest BCUT2D eigenvalue weighted by Crippen LogP contribution is 2.10. The topological polar surface area (TPSA) is 36.7 Å². The number of halogens is 1. The van der Waals surface area contributed by atoms with Crippen LogP contribution in [0, 0.1) is 17.5 Å². The van der Waals surface area contributed by atoms with E-state index in [0.29, 0.717) is 10.6 Å². The Balaban J connectivity index is 3.20. The summed E-state index contributed by atoms with van der Waals surface area (Å²) in [5, 5.41) is 8.71. The van der Waals surface area contributed by atoms with Gasteiger partial charge >= 0.3 is 0 Å². The second-order valence-corrected chi connectivity index (χ2v) is 1.80. The van der Waals surface area contributed by atoms with Gasteiger partial charge in [-0.15, -0.1) is 0 Å². The standard InChI is InChI=1S/C6H2ClN2/c7-6-1-2-9-4-5(6)3-8/h1-2H. The third kappa shape index (κ3) is 1.18. The summed E-state index contributed by atoms with van der Waals surface area (Å²) < 4.78 is 0. The van der Waals surface area contributed by atoms with Gasteiger partial charge in [0.25, 0.3) is 0 Å². The molecule has 0 unspecified atom stereocenters. The highest BCUT2D eigenvalue weighted by molar-refractivity contribution is 6.31. The molecule has 0 saturated carbocycles. The van der Waals surface area contributed by atoms with E-state index in [9.17, 15) is 0 Å². The van der Waals surface area contributed by atoms with Crippen LogP contribution in [0.15, 0.2) is 12.3 Å². The van der Waals surface area contributed by atoms with Gasteiger partial charge in [-0.2, -0.15) is 5.26 Å². The zero-order chi connectivity index (χ0) is 6.69. The molecule has 3 heteroatoms. The van der Waals surface area contributed by atoms with Crippen molar-refractivity contribution in [3.63, 3.8) is 0 Å². The van der Waals surface area contributed by atoms with Crippen molar-refractivity contribution in [1.82, 2.24) is 4.98 Å². The van der Waals surface area contributed by atoms with Crippen molar-refractivity contribution < 1.29 is 0 Å². The van der Waals surface area contributed by atoms with Crippen LogP contribution >= 0.6 is 11.6 Å².